The summed E-state index contributed by atoms with van der Waals surface area (Å²) < 4.78 is 78.3. The van der Waals surface area contributed by atoms with Crippen molar-refractivity contribution in [1.29, 1.82) is 0 Å². The van der Waals surface area contributed by atoms with E-state index in [4.69, 9.17) is 13.9 Å². The Morgan fingerprint density at radius 3 is 2.48 bits per heavy atom. The number of ether oxygens (including phenoxy) is 2. The lowest BCUT2D eigenvalue weighted by Gasteiger charge is -2.09. The number of benzene rings is 2. The zero-order valence-electron chi connectivity index (χ0n) is 16.1. The van der Waals surface area contributed by atoms with E-state index in [1.54, 1.807) is 0 Å². The van der Waals surface area contributed by atoms with Crippen molar-refractivity contribution in [2.45, 2.75) is 17.7 Å². The molecule has 7 nitrogen and oxygen atoms in total. The van der Waals surface area contributed by atoms with E-state index in [2.05, 4.69) is 9.93 Å². The Balaban J connectivity index is 1.57. The number of furan rings is 1. The minimum absolute atomic E-state index is 0.0000659. The van der Waals surface area contributed by atoms with Crippen molar-refractivity contribution in [2.24, 2.45) is 5.10 Å². The van der Waals surface area contributed by atoms with E-state index in [0.29, 0.717) is 11.5 Å². The maximum atomic E-state index is 12.7. The molecule has 0 saturated carbocycles. The van der Waals surface area contributed by atoms with Crippen molar-refractivity contribution in [3.05, 3.63) is 77.7 Å². The van der Waals surface area contributed by atoms with Crippen molar-refractivity contribution in [3.8, 4) is 11.5 Å². The molecule has 1 N–H and O–H groups in total. The second-order valence-corrected chi connectivity index (χ2v) is 7.81. The van der Waals surface area contributed by atoms with E-state index >= 15 is 0 Å². The van der Waals surface area contributed by atoms with Gasteiger partial charge in [-0.2, -0.15) is 31.5 Å². The molecular weight excluding hydrogens is 437 g/mol. The average molecular weight is 454 g/mol. The van der Waals surface area contributed by atoms with Gasteiger partial charge in [0.05, 0.1) is 23.8 Å². The maximum Gasteiger partial charge on any atom is 0.416 e. The van der Waals surface area contributed by atoms with Gasteiger partial charge in [0, 0.05) is 0 Å². The number of hydrogen-bond donors (Lipinski definition) is 1. The molecule has 1 heterocycles. The quantitative estimate of drug-likeness (QED) is 0.407. The van der Waals surface area contributed by atoms with Crippen LogP contribution in [-0.2, 0) is 22.8 Å². The normalized spacial score (nSPS) is 12.1. The molecule has 0 aliphatic rings. The van der Waals surface area contributed by atoms with E-state index in [1.807, 2.05) is 0 Å². The summed E-state index contributed by atoms with van der Waals surface area (Å²) in [6.07, 6.45) is -3.32. The van der Waals surface area contributed by atoms with Crippen LogP contribution in [0, 0.1) is 0 Å². The smallest absolute Gasteiger partial charge is 0.416 e. The van der Waals surface area contributed by atoms with Gasteiger partial charge >= 0.3 is 6.18 Å². The molecule has 1 aromatic heterocycles. The standard InChI is InChI=1S/C20H17F3N2O5S/c1-28-15-7-9-19(10-8-15)31(26,27)25-24-12-17-5-6-18(30-17)13-29-16-4-2-3-14(11-16)20(21,22)23/h2-12,25H,13H2,1H3/b24-12-. The van der Waals surface area contributed by atoms with Gasteiger partial charge in [-0.1, -0.05) is 6.07 Å². The fourth-order valence-corrected chi connectivity index (χ4v) is 3.22. The summed E-state index contributed by atoms with van der Waals surface area (Å²) in [4.78, 5) is 2.05. The van der Waals surface area contributed by atoms with Gasteiger partial charge < -0.3 is 13.9 Å². The number of rotatable bonds is 8. The van der Waals surface area contributed by atoms with Crippen molar-refractivity contribution in [2.75, 3.05) is 7.11 Å². The predicted molar refractivity (Wildman–Crippen MR) is 105 cm³/mol. The number of methoxy groups -OCH3 is 1. The van der Waals surface area contributed by atoms with E-state index in [1.165, 1.54) is 55.6 Å². The number of nitrogens with one attached hydrogen (secondary N) is 1. The number of halogens is 3. The average Bonchev–Trinajstić information content (AvgIpc) is 3.19. The van der Waals surface area contributed by atoms with E-state index < -0.39 is 21.8 Å². The van der Waals surface area contributed by atoms with Crippen molar-refractivity contribution in [1.82, 2.24) is 4.83 Å². The summed E-state index contributed by atoms with van der Waals surface area (Å²) >= 11 is 0. The third-order valence-electron chi connectivity index (χ3n) is 3.96. The van der Waals surface area contributed by atoms with Crippen LogP contribution >= 0.6 is 0 Å². The highest BCUT2D eigenvalue weighted by molar-refractivity contribution is 7.89. The van der Waals surface area contributed by atoms with Gasteiger partial charge in [-0.3, -0.25) is 0 Å². The van der Waals surface area contributed by atoms with Crippen molar-refractivity contribution < 1.29 is 35.5 Å². The second kappa shape index (κ2) is 9.13. The Labute approximate surface area is 176 Å². The topological polar surface area (TPSA) is 90.1 Å². The zero-order valence-corrected chi connectivity index (χ0v) is 16.9. The molecule has 0 fully saturated rings. The first kappa shape index (κ1) is 22.2. The van der Waals surface area contributed by atoms with Gasteiger partial charge in [0.1, 0.15) is 29.6 Å². The molecule has 0 saturated heterocycles. The molecule has 164 valence electrons. The monoisotopic (exact) mass is 454 g/mol. The molecule has 0 aliphatic carbocycles. The predicted octanol–water partition coefficient (Wildman–Crippen LogP) is 4.20. The maximum absolute atomic E-state index is 12.7. The van der Waals surface area contributed by atoms with E-state index in [0.717, 1.165) is 18.3 Å². The van der Waals surface area contributed by atoms with Gasteiger partial charge in [-0.05, 0) is 54.6 Å². The van der Waals surface area contributed by atoms with Crippen LogP contribution in [0.5, 0.6) is 11.5 Å². The van der Waals surface area contributed by atoms with E-state index in [9.17, 15) is 21.6 Å². The van der Waals surface area contributed by atoms with Gasteiger partial charge in [0.15, 0.2) is 0 Å². The molecule has 2 aromatic carbocycles. The van der Waals surface area contributed by atoms with Gasteiger partial charge in [0.25, 0.3) is 10.0 Å². The molecule has 3 rings (SSSR count). The molecule has 0 aliphatic heterocycles. The number of sulfonamides is 1. The highest BCUT2D eigenvalue weighted by atomic mass is 32.2. The Morgan fingerprint density at radius 2 is 1.81 bits per heavy atom. The summed E-state index contributed by atoms with van der Waals surface area (Å²) in [6.45, 7) is -0.118. The van der Waals surface area contributed by atoms with Gasteiger partial charge in [0.2, 0.25) is 0 Å². The van der Waals surface area contributed by atoms with Gasteiger partial charge in [-0.25, -0.2) is 0 Å². The summed E-state index contributed by atoms with van der Waals surface area (Å²) in [5, 5.41) is 3.65. The number of nitrogens with zero attached hydrogens (tertiary/aromatic N) is 1. The van der Waals surface area contributed by atoms with Crippen molar-refractivity contribution >= 4 is 16.2 Å². The van der Waals surface area contributed by atoms with Crippen LogP contribution in [0.15, 0.2) is 75.1 Å². The van der Waals surface area contributed by atoms with Crippen LogP contribution in [0.4, 0.5) is 13.2 Å². The third-order valence-corrected chi connectivity index (χ3v) is 5.20. The zero-order chi connectivity index (χ0) is 22.5. The Kier molecular flexibility index (Phi) is 6.54. The summed E-state index contributed by atoms with van der Waals surface area (Å²) in [6, 6.07) is 13.3. The molecule has 0 spiro atoms. The highest BCUT2D eigenvalue weighted by Gasteiger charge is 2.30. The Morgan fingerprint density at radius 1 is 1.06 bits per heavy atom. The Bertz CT molecular complexity index is 1160. The first-order chi connectivity index (χ1) is 14.7. The van der Waals surface area contributed by atoms with Crippen LogP contribution in [0.3, 0.4) is 0 Å². The first-order valence-corrected chi connectivity index (χ1v) is 10.2. The van der Waals surface area contributed by atoms with Crippen LogP contribution in [0.2, 0.25) is 0 Å². The SMILES string of the molecule is COc1ccc(S(=O)(=O)N/N=C\c2ccc(COc3cccc(C(F)(F)F)c3)o2)cc1. The summed E-state index contributed by atoms with van der Waals surface area (Å²) in [5.41, 5.74) is -0.818. The largest absolute Gasteiger partial charge is 0.497 e. The summed E-state index contributed by atoms with van der Waals surface area (Å²) in [7, 11) is -2.41. The van der Waals surface area contributed by atoms with Crippen molar-refractivity contribution in [3.63, 3.8) is 0 Å². The third kappa shape index (κ3) is 6.01. The number of hydrogen-bond acceptors (Lipinski definition) is 6. The molecular formula is C20H17F3N2O5S. The minimum Gasteiger partial charge on any atom is -0.497 e. The van der Waals surface area contributed by atoms with Gasteiger partial charge in [-0.15, -0.1) is 0 Å². The molecule has 11 heteroatoms. The van der Waals surface area contributed by atoms with E-state index in [-0.39, 0.29) is 23.0 Å². The molecule has 3 aromatic rings. The number of hydrazone groups is 1. The summed E-state index contributed by atoms with van der Waals surface area (Å²) in [5.74, 6) is 1.09. The van der Waals surface area contributed by atoms with Crippen LogP contribution in [0.25, 0.3) is 0 Å². The molecule has 31 heavy (non-hydrogen) atoms. The van der Waals surface area contributed by atoms with Crippen LogP contribution in [0.1, 0.15) is 17.1 Å². The lowest BCUT2D eigenvalue weighted by molar-refractivity contribution is -0.137. The fraction of sp³-hybridized carbons (Fsp3) is 0.150. The molecule has 0 unspecified atom stereocenters. The van der Waals surface area contributed by atoms with Crippen LogP contribution in [-0.4, -0.2) is 21.7 Å². The first-order valence-electron chi connectivity index (χ1n) is 8.75. The molecule has 0 amide bonds. The molecule has 0 bridgehead atoms. The lowest BCUT2D eigenvalue weighted by atomic mass is 10.2. The highest BCUT2D eigenvalue weighted by Crippen LogP contribution is 2.31. The van der Waals surface area contributed by atoms with Crippen LogP contribution < -0.4 is 14.3 Å². The second-order valence-electron chi connectivity index (χ2n) is 6.15. The minimum atomic E-state index is -4.47. The number of alkyl halides is 3. The Hall–Kier alpha value is -3.47. The molecule has 0 atom stereocenters. The molecule has 0 radical (unpaired) electrons. The fourth-order valence-electron chi connectivity index (χ4n) is 2.43. The lowest BCUT2D eigenvalue weighted by Crippen LogP contribution is -2.18.